The van der Waals surface area contributed by atoms with Gasteiger partial charge in [0.05, 0.1) is 19.5 Å². The molecule has 3 heterocycles. The minimum absolute atomic E-state index is 0.685. The minimum Gasteiger partial charge on any atom is -0.494 e. The van der Waals surface area contributed by atoms with E-state index in [1.54, 1.807) is 19.5 Å². The molecular weight excluding hydrogens is 278 g/mol. The summed E-state index contributed by atoms with van der Waals surface area (Å²) in [6.07, 6.45) is 3.43. The van der Waals surface area contributed by atoms with Crippen LogP contribution < -0.4 is 14.5 Å². The smallest absolute Gasteiger partial charge is 0.225 e. The van der Waals surface area contributed by atoms with Crippen molar-refractivity contribution in [3.8, 4) is 5.75 Å². The fourth-order valence-corrected chi connectivity index (χ4v) is 2.74. The summed E-state index contributed by atoms with van der Waals surface area (Å²) in [6, 6.07) is 4.29. The van der Waals surface area contributed by atoms with Crippen LogP contribution >= 0.6 is 0 Å². The van der Waals surface area contributed by atoms with Gasteiger partial charge in [0.25, 0.3) is 0 Å². The third-order valence-electron chi connectivity index (χ3n) is 3.84. The summed E-state index contributed by atoms with van der Waals surface area (Å²) in [6.45, 7) is 7.81. The van der Waals surface area contributed by atoms with Crippen LogP contribution in [0.25, 0.3) is 0 Å². The zero-order valence-electron chi connectivity index (χ0n) is 13.3. The van der Waals surface area contributed by atoms with Crippen LogP contribution in [0.5, 0.6) is 5.75 Å². The number of ether oxygens (including phenoxy) is 1. The van der Waals surface area contributed by atoms with E-state index in [2.05, 4.69) is 36.9 Å². The fourth-order valence-electron chi connectivity index (χ4n) is 2.74. The quantitative estimate of drug-likeness (QED) is 0.862. The summed E-state index contributed by atoms with van der Waals surface area (Å²) in [5.41, 5.74) is 3.38. The highest BCUT2D eigenvalue weighted by Gasteiger charge is 2.19. The number of anilines is 2. The predicted molar refractivity (Wildman–Crippen MR) is 86.7 cm³/mol. The lowest BCUT2D eigenvalue weighted by molar-refractivity contribution is 0.410. The van der Waals surface area contributed by atoms with Gasteiger partial charge in [-0.3, -0.25) is 4.98 Å². The number of pyridine rings is 1. The summed E-state index contributed by atoms with van der Waals surface area (Å²) in [7, 11) is 1.62. The Kier molecular flexibility index (Phi) is 4.09. The molecule has 0 spiro atoms. The lowest BCUT2D eigenvalue weighted by Crippen LogP contribution is -2.47. The summed E-state index contributed by atoms with van der Waals surface area (Å²) in [5, 5.41) is 0. The SMILES string of the molecule is COc1cnc(N2CCN(c3cc(C)nc(C)c3)CC2)nc1. The highest BCUT2D eigenvalue weighted by Crippen LogP contribution is 2.20. The van der Waals surface area contributed by atoms with Gasteiger partial charge in [-0.05, 0) is 26.0 Å². The second kappa shape index (κ2) is 6.17. The van der Waals surface area contributed by atoms with Crippen LogP contribution in [0.2, 0.25) is 0 Å². The van der Waals surface area contributed by atoms with E-state index in [0.717, 1.165) is 43.5 Å². The summed E-state index contributed by atoms with van der Waals surface area (Å²) < 4.78 is 5.10. The molecule has 1 saturated heterocycles. The van der Waals surface area contributed by atoms with Gasteiger partial charge in [0.2, 0.25) is 5.95 Å². The van der Waals surface area contributed by atoms with Crippen molar-refractivity contribution in [2.75, 3.05) is 43.1 Å². The van der Waals surface area contributed by atoms with E-state index in [4.69, 9.17) is 4.74 Å². The number of piperazine rings is 1. The lowest BCUT2D eigenvalue weighted by atomic mass is 10.2. The summed E-state index contributed by atoms with van der Waals surface area (Å²) in [4.78, 5) is 17.8. The number of nitrogens with zero attached hydrogens (tertiary/aromatic N) is 5. The van der Waals surface area contributed by atoms with Crippen LogP contribution in [0, 0.1) is 13.8 Å². The lowest BCUT2D eigenvalue weighted by Gasteiger charge is -2.36. The second-order valence-electron chi connectivity index (χ2n) is 5.51. The van der Waals surface area contributed by atoms with Crippen molar-refractivity contribution in [2.24, 2.45) is 0 Å². The largest absolute Gasteiger partial charge is 0.494 e. The van der Waals surface area contributed by atoms with Gasteiger partial charge >= 0.3 is 0 Å². The van der Waals surface area contributed by atoms with Crippen molar-refractivity contribution in [3.05, 3.63) is 35.9 Å². The third kappa shape index (κ3) is 3.10. The van der Waals surface area contributed by atoms with Crippen molar-refractivity contribution in [1.29, 1.82) is 0 Å². The molecule has 6 heteroatoms. The molecule has 0 saturated carbocycles. The molecule has 0 aromatic carbocycles. The average Bonchev–Trinajstić information content (AvgIpc) is 2.54. The van der Waals surface area contributed by atoms with Crippen LogP contribution in [-0.2, 0) is 0 Å². The van der Waals surface area contributed by atoms with Gasteiger partial charge < -0.3 is 14.5 Å². The Morgan fingerprint density at radius 3 is 2.00 bits per heavy atom. The molecule has 116 valence electrons. The maximum Gasteiger partial charge on any atom is 0.225 e. The number of hydrogen-bond donors (Lipinski definition) is 0. The molecule has 22 heavy (non-hydrogen) atoms. The Morgan fingerprint density at radius 2 is 1.45 bits per heavy atom. The third-order valence-corrected chi connectivity index (χ3v) is 3.84. The number of methoxy groups -OCH3 is 1. The number of rotatable bonds is 3. The Morgan fingerprint density at radius 1 is 0.909 bits per heavy atom. The van der Waals surface area contributed by atoms with Crippen molar-refractivity contribution < 1.29 is 4.74 Å². The van der Waals surface area contributed by atoms with Gasteiger partial charge in [-0.2, -0.15) is 0 Å². The predicted octanol–water partition coefficient (Wildman–Crippen LogP) is 1.82. The first-order valence-electron chi connectivity index (χ1n) is 7.47. The molecule has 1 aliphatic rings. The number of aromatic nitrogens is 3. The van der Waals surface area contributed by atoms with Gasteiger partial charge in [-0.15, -0.1) is 0 Å². The Labute approximate surface area is 130 Å². The maximum absolute atomic E-state index is 5.10. The van der Waals surface area contributed by atoms with Crippen molar-refractivity contribution in [2.45, 2.75) is 13.8 Å². The molecule has 2 aromatic heterocycles. The molecule has 0 bridgehead atoms. The Bertz CT molecular complexity index is 615. The molecule has 3 rings (SSSR count). The van der Waals surface area contributed by atoms with Gasteiger partial charge in [0.15, 0.2) is 5.75 Å². The van der Waals surface area contributed by atoms with E-state index in [1.165, 1.54) is 5.69 Å². The van der Waals surface area contributed by atoms with Crippen LogP contribution in [0.4, 0.5) is 11.6 Å². The number of aryl methyl sites for hydroxylation is 2. The molecule has 0 atom stereocenters. The zero-order valence-corrected chi connectivity index (χ0v) is 13.3. The Balaban J connectivity index is 1.66. The van der Waals surface area contributed by atoms with E-state index in [0.29, 0.717) is 5.75 Å². The van der Waals surface area contributed by atoms with E-state index in [1.807, 2.05) is 13.8 Å². The molecular formula is C16H21N5O. The van der Waals surface area contributed by atoms with E-state index < -0.39 is 0 Å². The average molecular weight is 299 g/mol. The first-order chi connectivity index (χ1) is 10.7. The molecule has 1 fully saturated rings. The maximum atomic E-state index is 5.10. The molecule has 0 aliphatic carbocycles. The van der Waals surface area contributed by atoms with Gasteiger partial charge in [0.1, 0.15) is 0 Å². The molecule has 0 radical (unpaired) electrons. The topological polar surface area (TPSA) is 54.4 Å². The van der Waals surface area contributed by atoms with Gasteiger partial charge in [0, 0.05) is 43.3 Å². The van der Waals surface area contributed by atoms with E-state index in [9.17, 15) is 0 Å². The summed E-state index contributed by atoms with van der Waals surface area (Å²) >= 11 is 0. The second-order valence-corrected chi connectivity index (χ2v) is 5.51. The van der Waals surface area contributed by atoms with Crippen LogP contribution in [-0.4, -0.2) is 48.2 Å². The van der Waals surface area contributed by atoms with Crippen molar-refractivity contribution in [3.63, 3.8) is 0 Å². The van der Waals surface area contributed by atoms with E-state index >= 15 is 0 Å². The standard InChI is InChI=1S/C16H21N5O/c1-12-8-14(9-13(2)19-12)20-4-6-21(7-5-20)16-17-10-15(22-3)11-18-16/h8-11H,4-7H2,1-3H3. The highest BCUT2D eigenvalue weighted by atomic mass is 16.5. The minimum atomic E-state index is 0.685. The van der Waals surface area contributed by atoms with Crippen LogP contribution in [0.3, 0.4) is 0 Å². The first-order valence-corrected chi connectivity index (χ1v) is 7.47. The van der Waals surface area contributed by atoms with E-state index in [-0.39, 0.29) is 0 Å². The van der Waals surface area contributed by atoms with Crippen molar-refractivity contribution in [1.82, 2.24) is 15.0 Å². The number of hydrogen-bond acceptors (Lipinski definition) is 6. The van der Waals surface area contributed by atoms with Gasteiger partial charge in [-0.25, -0.2) is 9.97 Å². The van der Waals surface area contributed by atoms with Crippen molar-refractivity contribution >= 4 is 11.6 Å². The molecule has 2 aromatic rings. The van der Waals surface area contributed by atoms with Gasteiger partial charge in [-0.1, -0.05) is 0 Å². The molecule has 0 N–H and O–H groups in total. The van der Waals surface area contributed by atoms with Crippen LogP contribution in [0.1, 0.15) is 11.4 Å². The summed E-state index contributed by atoms with van der Waals surface area (Å²) in [5.74, 6) is 1.45. The highest BCUT2D eigenvalue weighted by molar-refractivity contribution is 5.50. The first kappa shape index (κ1) is 14.6. The monoisotopic (exact) mass is 299 g/mol. The zero-order chi connectivity index (χ0) is 15.5. The fraction of sp³-hybridized carbons (Fsp3) is 0.438. The molecule has 0 unspecified atom stereocenters. The Hall–Kier alpha value is -2.37. The normalized spacial score (nSPS) is 15.0. The van der Waals surface area contributed by atoms with Crippen LogP contribution in [0.15, 0.2) is 24.5 Å². The molecule has 6 nitrogen and oxygen atoms in total. The molecule has 1 aliphatic heterocycles. The molecule has 0 amide bonds.